The van der Waals surface area contributed by atoms with Gasteiger partial charge in [0.1, 0.15) is 0 Å². The zero-order valence-electron chi connectivity index (χ0n) is 20.0. The minimum Gasteiger partial charge on any atom is -0.493 e. The Morgan fingerprint density at radius 2 is 2.22 bits per heavy atom. The van der Waals surface area contributed by atoms with Crippen molar-refractivity contribution in [3.63, 3.8) is 0 Å². The number of nitrogens with one attached hydrogen (secondary N) is 4. The van der Waals surface area contributed by atoms with Gasteiger partial charge in [0.25, 0.3) is 5.91 Å². The highest BCUT2D eigenvalue weighted by molar-refractivity contribution is 6.32. The normalized spacial score (nSPS) is 12.9. The predicted octanol–water partition coefficient (Wildman–Crippen LogP) is 4.20. The van der Waals surface area contributed by atoms with Crippen LogP contribution in [0.4, 0.5) is 11.4 Å². The topological polar surface area (TPSA) is 108 Å². The maximum atomic E-state index is 12.9. The molecule has 36 heavy (non-hydrogen) atoms. The van der Waals surface area contributed by atoms with E-state index in [9.17, 15) is 9.59 Å². The number of anilines is 2. The van der Waals surface area contributed by atoms with Gasteiger partial charge in [-0.15, -0.1) is 0 Å². The fourth-order valence-corrected chi connectivity index (χ4v) is 4.26. The van der Waals surface area contributed by atoms with Gasteiger partial charge in [0.2, 0.25) is 5.91 Å². The second-order valence-corrected chi connectivity index (χ2v) is 8.45. The molecule has 1 atom stereocenters. The fourth-order valence-electron chi connectivity index (χ4n) is 4.00. The van der Waals surface area contributed by atoms with Crippen molar-refractivity contribution in [3.05, 3.63) is 71.2 Å². The molecule has 0 saturated heterocycles. The molecule has 4 rings (SSSR count). The summed E-state index contributed by atoms with van der Waals surface area (Å²) in [6.07, 6.45) is 5.83. The minimum absolute atomic E-state index is 0.179. The SMILES string of the molecule is C=CC(=O)N[C@H](C#Cc1cnccc1-c1[nH]c2c(c1Nc1cccc(Cl)c1OC)C(=O)NCC2)CC. The van der Waals surface area contributed by atoms with Crippen LogP contribution in [-0.4, -0.2) is 41.5 Å². The zero-order valence-corrected chi connectivity index (χ0v) is 20.8. The summed E-state index contributed by atoms with van der Waals surface area (Å²) in [6.45, 7) is 5.96. The molecule has 1 aliphatic rings. The van der Waals surface area contributed by atoms with Crippen molar-refractivity contribution in [1.82, 2.24) is 20.6 Å². The molecule has 184 valence electrons. The molecule has 4 N–H and O–H groups in total. The Morgan fingerprint density at radius 3 is 2.97 bits per heavy atom. The highest BCUT2D eigenvalue weighted by Crippen LogP contribution is 2.41. The number of ether oxygens (including phenoxy) is 1. The van der Waals surface area contributed by atoms with Crippen molar-refractivity contribution in [1.29, 1.82) is 0 Å². The number of para-hydroxylation sites is 1. The number of amides is 2. The molecule has 1 aromatic carbocycles. The lowest BCUT2D eigenvalue weighted by atomic mass is 10.0. The first kappa shape index (κ1) is 24.9. The minimum atomic E-state index is -0.348. The number of hydrogen-bond donors (Lipinski definition) is 4. The summed E-state index contributed by atoms with van der Waals surface area (Å²) in [4.78, 5) is 32.3. The van der Waals surface area contributed by atoms with E-state index in [4.69, 9.17) is 16.3 Å². The number of rotatable bonds is 7. The number of H-pyrrole nitrogens is 1. The Balaban J connectivity index is 1.83. The second-order valence-electron chi connectivity index (χ2n) is 8.04. The first-order valence-electron chi connectivity index (χ1n) is 11.5. The number of benzene rings is 1. The number of pyridine rings is 1. The summed E-state index contributed by atoms with van der Waals surface area (Å²) >= 11 is 6.34. The zero-order chi connectivity index (χ0) is 25.7. The number of aromatic amines is 1. The van der Waals surface area contributed by atoms with E-state index in [1.54, 1.807) is 31.6 Å². The van der Waals surface area contributed by atoms with E-state index in [0.29, 0.717) is 58.4 Å². The first-order valence-corrected chi connectivity index (χ1v) is 11.9. The summed E-state index contributed by atoms with van der Waals surface area (Å²) in [6, 6.07) is 6.85. The van der Waals surface area contributed by atoms with Crippen LogP contribution in [0.15, 0.2) is 49.3 Å². The molecule has 0 aliphatic carbocycles. The Morgan fingerprint density at radius 1 is 1.39 bits per heavy atom. The van der Waals surface area contributed by atoms with E-state index < -0.39 is 0 Å². The summed E-state index contributed by atoms with van der Waals surface area (Å²) in [7, 11) is 1.54. The molecule has 8 nitrogen and oxygen atoms in total. The Kier molecular flexibility index (Phi) is 7.62. The van der Waals surface area contributed by atoms with Crippen molar-refractivity contribution in [2.75, 3.05) is 19.0 Å². The quantitative estimate of drug-likeness (QED) is 0.285. The number of carbonyl (C=O) groups is 2. The number of nitrogens with zero attached hydrogens (tertiary/aromatic N) is 1. The number of aromatic nitrogens is 2. The Labute approximate surface area is 214 Å². The smallest absolute Gasteiger partial charge is 0.255 e. The second kappa shape index (κ2) is 11.0. The Bertz CT molecular complexity index is 1390. The number of halogens is 1. The summed E-state index contributed by atoms with van der Waals surface area (Å²) < 4.78 is 5.50. The molecule has 0 radical (unpaired) electrons. The monoisotopic (exact) mass is 503 g/mol. The number of hydrogen-bond acceptors (Lipinski definition) is 5. The molecular formula is C27H26ClN5O3. The van der Waals surface area contributed by atoms with E-state index in [0.717, 1.165) is 11.3 Å². The van der Waals surface area contributed by atoms with Crippen LogP contribution in [0.1, 0.15) is 35.0 Å². The van der Waals surface area contributed by atoms with Gasteiger partial charge >= 0.3 is 0 Å². The van der Waals surface area contributed by atoms with Crippen molar-refractivity contribution in [2.24, 2.45) is 0 Å². The molecule has 9 heteroatoms. The van der Waals surface area contributed by atoms with Crippen LogP contribution in [0.2, 0.25) is 5.02 Å². The van der Waals surface area contributed by atoms with E-state index in [2.05, 4.69) is 44.3 Å². The average Bonchev–Trinajstić information content (AvgIpc) is 3.26. The van der Waals surface area contributed by atoms with Gasteiger partial charge in [-0.1, -0.05) is 43.0 Å². The van der Waals surface area contributed by atoms with E-state index >= 15 is 0 Å². The van der Waals surface area contributed by atoms with Crippen molar-refractivity contribution in [3.8, 4) is 28.8 Å². The third-order valence-electron chi connectivity index (χ3n) is 5.78. The molecule has 3 aromatic rings. The van der Waals surface area contributed by atoms with Gasteiger partial charge in [-0.2, -0.15) is 0 Å². The van der Waals surface area contributed by atoms with Gasteiger partial charge in [-0.25, -0.2) is 0 Å². The lowest BCUT2D eigenvalue weighted by Gasteiger charge is -2.17. The van der Waals surface area contributed by atoms with Crippen LogP contribution < -0.4 is 20.7 Å². The van der Waals surface area contributed by atoms with Gasteiger partial charge < -0.3 is 25.7 Å². The van der Waals surface area contributed by atoms with E-state index in [1.807, 2.05) is 19.1 Å². The maximum Gasteiger partial charge on any atom is 0.255 e. The standard InChI is InChI=1S/C27H26ClN5O3/c1-4-17(31-22(34)5-2)10-9-16-15-29-13-11-18(16)24-25(23-20(32-24)12-14-30-27(23)35)33-21-8-6-7-19(28)26(21)36-3/h5-8,11,13,15,17,32-33H,2,4,12,14H2,1,3H3,(H,30,35)(H,31,34)/t17-/m0/s1. The number of carbonyl (C=O) groups excluding carboxylic acids is 2. The van der Waals surface area contributed by atoms with Crippen molar-refractivity contribution < 1.29 is 14.3 Å². The number of methoxy groups -OCH3 is 1. The molecule has 0 unspecified atom stereocenters. The predicted molar refractivity (Wildman–Crippen MR) is 141 cm³/mol. The molecule has 0 saturated carbocycles. The molecular weight excluding hydrogens is 478 g/mol. The third-order valence-corrected chi connectivity index (χ3v) is 6.08. The fraction of sp³-hybridized carbons (Fsp3) is 0.222. The Hall–Kier alpha value is -4.22. The molecule has 0 bridgehead atoms. The average molecular weight is 504 g/mol. The summed E-state index contributed by atoms with van der Waals surface area (Å²) in [5.74, 6) is 6.26. The lowest BCUT2D eigenvalue weighted by molar-refractivity contribution is -0.116. The maximum absolute atomic E-state index is 12.9. The third kappa shape index (κ3) is 5.07. The van der Waals surface area contributed by atoms with Crippen LogP contribution in [0.3, 0.4) is 0 Å². The highest BCUT2D eigenvalue weighted by atomic mass is 35.5. The first-order chi connectivity index (χ1) is 17.5. The molecule has 1 aliphatic heterocycles. The van der Waals surface area contributed by atoms with Crippen LogP contribution in [-0.2, 0) is 11.2 Å². The molecule has 3 heterocycles. The molecule has 0 fully saturated rings. The van der Waals surface area contributed by atoms with Gasteiger partial charge in [-0.3, -0.25) is 14.6 Å². The van der Waals surface area contributed by atoms with Gasteiger partial charge in [0, 0.05) is 36.6 Å². The van der Waals surface area contributed by atoms with Crippen molar-refractivity contribution >= 4 is 34.8 Å². The summed E-state index contributed by atoms with van der Waals surface area (Å²) in [5, 5.41) is 9.53. The van der Waals surface area contributed by atoms with Crippen LogP contribution in [0, 0.1) is 11.8 Å². The van der Waals surface area contributed by atoms with Crippen LogP contribution in [0.25, 0.3) is 11.3 Å². The van der Waals surface area contributed by atoms with Gasteiger partial charge in [-0.05, 0) is 30.7 Å². The van der Waals surface area contributed by atoms with Gasteiger partial charge in [0.15, 0.2) is 5.75 Å². The van der Waals surface area contributed by atoms with Crippen LogP contribution >= 0.6 is 11.6 Å². The van der Waals surface area contributed by atoms with Gasteiger partial charge in [0.05, 0.1) is 46.4 Å². The molecule has 2 amide bonds. The largest absolute Gasteiger partial charge is 0.493 e. The molecule has 2 aromatic heterocycles. The van der Waals surface area contributed by atoms with E-state index in [-0.39, 0.29) is 17.9 Å². The summed E-state index contributed by atoms with van der Waals surface area (Å²) in [5.41, 5.74) is 4.64. The number of fused-ring (bicyclic) bond motifs is 1. The lowest BCUT2D eigenvalue weighted by Crippen LogP contribution is -2.31. The van der Waals surface area contributed by atoms with Crippen LogP contribution in [0.5, 0.6) is 5.75 Å². The van der Waals surface area contributed by atoms with Crippen molar-refractivity contribution in [2.45, 2.75) is 25.8 Å². The highest BCUT2D eigenvalue weighted by Gasteiger charge is 2.28. The molecule has 0 spiro atoms. The van der Waals surface area contributed by atoms with E-state index in [1.165, 1.54) is 6.08 Å².